The first-order chi connectivity index (χ1) is 9.65. The van der Waals surface area contributed by atoms with Crippen LogP contribution < -0.4 is 0 Å². The summed E-state index contributed by atoms with van der Waals surface area (Å²) in [7, 11) is 3.71. The number of aromatic nitrogens is 2. The highest BCUT2D eigenvalue weighted by Gasteiger charge is 2.10. The summed E-state index contributed by atoms with van der Waals surface area (Å²) >= 11 is 1.71. The SMILES string of the molecule is CN(Cc1cnn(C)c1)C(=O)CCSc1ccccc1. The number of amides is 1. The largest absolute Gasteiger partial charge is 0.341 e. The Balaban J connectivity index is 1.74. The van der Waals surface area contributed by atoms with E-state index in [1.807, 2.05) is 38.5 Å². The fourth-order valence-corrected chi connectivity index (χ4v) is 2.74. The molecule has 2 rings (SSSR count). The summed E-state index contributed by atoms with van der Waals surface area (Å²) in [6, 6.07) is 10.2. The van der Waals surface area contributed by atoms with E-state index in [1.165, 1.54) is 4.90 Å². The van der Waals surface area contributed by atoms with Crippen LogP contribution in [0, 0.1) is 0 Å². The van der Waals surface area contributed by atoms with Gasteiger partial charge < -0.3 is 4.90 Å². The van der Waals surface area contributed by atoms with Gasteiger partial charge in [0.25, 0.3) is 0 Å². The van der Waals surface area contributed by atoms with Crippen LogP contribution in [0.4, 0.5) is 0 Å². The molecule has 5 heteroatoms. The van der Waals surface area contributed by atoms with Crippen LogP contribution in [0.1, 0.15) is 12.0 Å². The van der Waals surface area contributed by atoms with Crippen molar-refractivity contribution in [1.82, 2.24) is 14.7 Å². The number of hydrogen-bond acceptors (Lipinski definition) is 3. The zero-order chi connectivity index (χ0) is 14.4. The summed E-state index contributed by atoms with van der Waals surface area (Å²) in [5.41, 5.74) is 1.05. The summed E-state index contributed by atoms with van der Waals surface area (Å²) in [4.78, 5) is 15.0. The van der Waals surface area contributed by atoms with Crippen molar-refractivity contribution in [1.29, 1.82) is 0 Å². The molecule has 0 bridgehead atoms. The van der Waals surface area contributed by atoms with Gasteiger partial charge in [-0.2, -0.15) is 5.10 Å². The van der Waals surface area contributed by atoms with Crippen LogP contribution in [0.3, 0.4) is 0 Å². The summed E-state index contributed by atoms with van der Waals surface area (Å²) < 4.78 is 1.75. The summed E-state index contributed by atoms with van der Waals surface area (Å²) in [6.07, 6.45) is 4.28. The lowest BCUT2D eigenvalue weighted by Gasteiger charge is -2.16. The molecule has 106 valence electrons. The number of thioether (sulfide) groups is 1. The second-order valence-corrected chi connectivity index (χ2v) is 5.85. The molecule has 0 saturated heterocycles. The maximum Gasteiger partial charge on any atom is 0.223 e. The maximum atomic E-state index is 12.0. The van der Waals surface area contributed by atoms with Crippen LogP contribution in [0.5, 0.6) is 0 Å². The van der Waals surface area contributed by atoms with Crippen molar-refractivity contribution in [2.75, 3.05) is 12.8 Å². The molecule has 0 fully saturated rings. The number of nitrogens with zero attached hydrogens (tertiary/aromatic N) is 3. The summed E-state index contributed by atoms with van der Waals surface area (Å²) in [6.45, 7) is 0.614. The van der Waals surface area contributed by atoms with E-state index in [4.69, 9.17) is 0 Å². The molecule has 1 heterocycles. The van der Waals surface area contributed by atoms with Gasteiger partial charge >= 0.3 is 0 Å². The highest BCUT2D eigenvalue weighted by Crippen LogP contribution is 2.18. The molecule has 1 amide bonds. The Labute approximate surface area is 123 Å². The van der Waals surface area contributed by atoms with Crippen LogP contribution in [-0.2, 0) is 18.4 Å². The van der Waals surface area contributed by atoms with Crippen molar-refractivity contribution in [2.24, 2.45) is 7.05 Å². The quantitative estimate of drug-likeness (QED) is 0.767. The highest BCUT2D eigenvalue weighted by atomic mass is 32.2. The standard InChI is InChI=1S/C15H19N3OS/c1-17(11-13-10-16-18(2)12-13)15(19)8-9-20-14-6-4-3-5-7-14/h3-7,10,12H,8-9,11H2,1-2H3. The smallest absolute Gasteiger partial charge is 0.223 e. The minimum Gasteiger partial charge on any atom is -0.341 e. The third kappa shape index (κ3) is 4.42. The first-order valence-electron chi connectivity index (χ1n) is 6.54. The summed E-state index contributed by atoms with van der Waals surface area (Å²) in [5.74, 6) is 0.970. The highest BCUT2D eigenvalue weighted by molar-refractivity contribution is 7.99. The Morgan fingerprint density at radius 1 is 1.35 bits per heavy atom. The predicted octanol–water partition coefficient (Wildman–Crippen LogP) is 2.56. The second kappa shape index (κ2) is 7.14. The molecule has 2 aromatic rings. The maximum absolute atomic E-state index is 12.0. The molecule has 0 aliphatic rings. The Kier molecular flexibility index (Phi) is 5.24. The number of hydrogen-bond donors (Lipinski definition) is 0. The Morgan fingerprint density at radius 3 is 2.75 bits per heavy atom. The van der Waals surface area contributed by atoms with Crippen molar-refractivity contribution in [3.05, 3.63) is 48.3 Å². The fourth-order valence-electron chi connectivity index (χ4n) is 1.88. The molecule has 0 saturated carbocycles. The van der Waals surface area contributed by atoms with Gasteiger partial charge in [-0.15, -0.1) is 11.8 Å². The topological polar surface area (TPSA) is 38.1 Å². The first-order valence-corrected chi connectivity index (χ1v) is 7.53. The molecule has 0 spiro atoms. The zero-order valence-corrected chi connectivity index (χ0v) is 12.6. The number of benzene rings is 1. The summed E-state index contributed by atoms with van der Waals surface area (Å²) in [5, 5.41) is 4.11. The van der Waals surface area contributed by atoms with Gasteiger partial charge in [0, 0.05) is 49.5 Å². The average Bonchev–Trinajstić information content (AvgIpc) is 2.85. The van der Waals surface area contributed by atoms with E-state index in [1.54, 1.807) is 27.5 Å². The molecule has 0 unspecified atom stereocenters. The van der Waals surface area contributed by atoms with Gasteiger partial charge in [0.1, 0.15) is 0 Å². The van der Waals surface area contributed by atoms with Crippen molar-refractivity contribution in [3.63, 3.8) is 0 Å². The van der Waals surface area contributed by atoms with Gasteiger partial charge in [0.05, 0.1) is 6.20 Å². The molecule has 0 aliphatic carbocycles. The van der Waals surface area contributed by atoms with Gasteiger partial charge in [0.15, 0.2) is 0 Å². The van der Waals surface area contributed by atoms with Crippen molar-refractivity contribution in [3.8, 4) is 0 Å². The van der Waals surface area contributed by atoms with Crippen LogP contribution in [-0.4, -0.2) is 33.4 Å². The number of carbonyl (C=O) groups excluding carboxylic acids is 1. The van der Waals surface area contributed by atoms with Gasteiger partial charge in [0.2, 0.25) is 5.91 Å². The lowest BCUT2D eigenvalue weighted by molar-refractivity contribution is -0.129. The minimum atomic E-state index is 0.164. The first kappa shape index (κ1) is 14.7. The van der Waals surface area contributed by atoms with E-state index < -0.39 is 0 Å². The third-order valence-electron chi connectivity index (χ3n) is 2.93. The van der Waals surface area contributed by atoms with E-state index in [2.05, 4.69) is 17.2 Å². The average molecular weight is 289 g/mol. The van der Waals surface area contributed by atoms with Gasteiger partial charge in [-0.3, -0.25) is 9.48 Å². The monoisotopic (exact) mass is 289 g/mol. The van der Waals surface area contributed by atoms with E-state index in [0.29, 0.717) is 13.0 Å². The number of carbonyl (C=O) groups is 1. The van der Waals surface area contributed by atoms with E-state index >= 15 is 0 Å². The molecule has 1 aromatic carbocycles. The molecular formula is C15H19N3OS. The normalized spacial score (nSPS) is 10.5. The Hall–Kier alpha value is -1.75. The lowest BCUT2D eigenvalue weighted by Crippen LogP contribution is -2.26. The van der Waals surface area contributed by atoms with E-state index in [0.717, 1.165) is 11.3 Å². The Bertz CT molecular complexity index is 553. The molecule has 0 aliphatic heterocycles. The van der Waals surface area contributed by atoms with Crippen LogP contribution >= 0.6 is 11.8 Å². The lowest BCUT2D eigenvalue weighted by atomic mass is 10.3. The van der Waals surface area contributed by atoms with Crippen molar-refractivity contribution >= 4 is 17.7 Å². The number of aryl methyl sites for hydroxylation is 1. The molecule has 4 nitrogen and oxygen atoms in total. The molecule has 1 aromatic heterocycles. The van der Waals surface area contributed by atoms with E-state index in [9.17, 15) is 4.79 Å². The van der Waals surface area contributed by atoms with Crippen LogP contribution in [0.25, 0.3) is 0 Å². The third-order valence-corrected chi connectivity index (χ3v) is 3.95. The van der Waals surface area contributed by atoms with Gasteiger partial charge in [-0.05, 0) is 12.1 Å². The number of rotatable bonds is 6. The fraction of sp³-hybridized carbons (Fsp3) is 0.333. The van der Waals surface area contributed by atoms with Gasteiger partial charge in [-0.25, -0.2) is 0 Å². The molecular weight excluding hydrogens is 270 g/mol. The second-order valence-electron chi connectivity index (χ2n) is 4.68. The molecule has 0 radical (unpaired) electrons. The molecule has 20 heavy (non-hydrogen) atoms. The van der Waals surface area contributed by atoms with E-state index in [-0.39, 0.29) is 5.91 Å². The van der Waals surface area contributed by atoms with Crippen LogP contribution in [0.2, 0.25) is 0 Å². The van der Waals surface area contributed by atoms with Crippen LogP contribution in [0.15, 0.2) is 47.6 Å². The minimum absolute atomic E-state index is 0.164. The predicted molar refractivity (Wildman–Crippen MR) is 81.5 cm³/mol. The van der Waals surface area contributed by atoms with Crippen molar-refractivity contribution < 1.29 is 4.79 Å². The Morgan fingerprint density at radius 2 is 2.10 bits per heavy atom. The molecule has 0 N–H and O–H groups in total. The molecule has 0 atom stereocenters. The zero-order valence-electron chi connectivity index (χ0n) is 11.8. The van der Waals surface area contributed by atoms with Crippen molar-refractivity contribution in [2.45, 2.75) is 17.9 Å². The van der Waals surface area contributed by atoms with Gasteiger partial charge in [-0.1, -0.05) is 18.2 Å².